The molecule has 0 spiro atoms. The third-order valence-electron chi connectivity index (χ3n) is 5.72. The van der Waals surface area contributed by atoms with Gasteiger partial charge in [0.2, 0.25) is 11.8 Å². The number of alkyl halides is 2. The summed E-state index contributed by atoms with van der Waals surface area (Å²) in [4.78, 5) is 39.4. The Bertz CT molecular complexity index is 1110. The van der Waals surface area contributed by atoms with E-state index in [-0.39, 0.29) is 42.2 Å². The predicted molar refractivity (Wildman–Crippen MR) is 117 cm³/mol. The molecule has 0 saturated carbocycles. The molecule has 0 aliphatic carbocycles. The molecule has 2 heterocycles. The van der Waals surface area contributed by atoms with Crippen LogP contribution >= 0.6 is 0 Å². The first-order valence-electron chi connectivity index (χ1n) is 10.6. The van der Waals surface area contributed by atoms with Crippen molar-refractivity contribution in [3.63, 3.8) is 0 Å². The van der Waals surface area contributed by atoms with Crippen LogP contribution in [0.4, 0.5) is 20.2 Å². The maximum absolute atomic E-state index is 13.4. The summed E-state index contributed by atoms with van der Waals surface area (Å²) in [7, 11) is 0. The Morgan fingerprint density at radius 2 is 1.94 bits per heavy atom. The van der Waals surface area contributed by atoms with Crippen LogP contribution in [0.3, 0.4) is 0 Å². The van der Waals surface area contributed by atoms with Crippen LogP contribution in [0.1, 0.15) is 35.2 Å². The summed E-state index contributed by atoms with van der Waals surface area (Å²) in [5.41, 5.74) is 7.60. The van der Waals surface area contributed by atoms with Gasteiger partial charge in [-0.15, -0.1) is 0 Å². The molecule has 1 unspecified atom stereocenters. The molecule has 1 fully saturated rings. The largest absolute Gasteiger partial charge is 0.455 e. The smallest absolute Gasteiger partial charge is 0.254 e. The molecule has 1 atom stereocenters. The number of carbonyl (C=O) groups is 3. The number of piperidine rings is 1. The number of hydrogen-bond donors (Lipinski definition) is 3. The van der Waals surface area contributed by atoms with Gasteiger partial charge in [0.1, 0.15) is 11.8 Å². The second-order valence-corrected chi connectivity index (χ2v) is 8.31. The van der Waals surface area contributed by atoms with Gasteiger partial charge in [0, 0.05) is 25.9 Å². The zero-order valence-corrected chi connectivity index (χ0v) is 18.0. The zero-order valence-electron chi connectivity index (χ0n) is 18.0. The van der Waals surface area contributed by atoms with Crippen LogP contribution in [0.2, 0.25) is 0 Å². The molecule has 0 aromatic heterocycles. The van der Waals surface area contributed by atoms with Gasteiger partial charge in [-0.05, 0) is 36.8 Å². The van der Waals surface area contributed by atoms with Gasteiger partial charge >= 0.3 is 0 Å². The fraction of sp³-hybridized carbons (Fsp3) is 0.348. The first kappa shape index (κ1) is 22.5. The quantitative estimate of drug-likeness (QED) is 0.610. The Morgan fingerprint density at radius 3 is 2.64 bits per heavy atom. The molecule has 4 N–H and O–H groups in total. The number of halogens is 2. The number of rotatable bonds is 4. The second-order valence-electron chi connectivity index (χ2n) is 8.31. The fourth-order valence-electron chi connectivity index (χ4n) is 3.83. The Kier molecular flexibility index (Phi) is 5.92. The van der Waals surface area contributed by atoms with Gasteiger partial charge in [-0.25, -0.2) is 8.78 Å². The number of nitrogens with two attached hydrogens (primary N) is 1. The Hall–Kier alpha value is -3.69. The van der Waals surface area contributed by atoms with Crippen LogP contribution in [0, 0.1) is 6.92 Å². The molecule has 4 rings (SSSR count). The number of fused-ring (bicyclic) bond motifs is 1. The fourth-order valence-corrected chi connectivity index (χ4v) is 3.83. The van der Waals surface area contributed by atoms with Crippen molar-refractivity contribution >= 4 is 29.1 Å². The summed E-state index contributed by atoms with van der Waals surface area (Å²) in [6.45, 7) is 1.72. The Balaban J connectivity index is 1.49. The standard InChI is InChI=1S/C23H24F2N4O4/c1-13-3-2-4-14(9-13)33-19-10-15-17(11-16(19)26)27-22(32)18(28-21(15)31)12-20(30)29-7-5-23(24,25)6-8-29/h2-4,9-11,18H,5-8,12,26H2,1H3,(H,27,32)(H,28,31). The molecular weight excluding hydrogens is 434 g/mol. The van der Waals surface area contributed by atoms with Crippen molar-refractivity contribution in [3.05, 3.63) is 47.5 Å². The van der Waals surface area contributed by atoms with Crippen molar-refractivity contribution in [1.82, 2.24) is 10.2 Å². The molecule has 2 aromatic carbocycles. The lowest BCUT2D eigenvalue weighted by Gasteiger charge is -2.32. The molecule has 3 amide bonds. The van der Waals surface area contributed by atoms with E-state index in [1.807, 2.05) is 25.1 Å². The molecule has 2 aliphatic rings. The SMILES string of the molecule is Cc1cccc(Oc2cc3c(cc2N)NC(=O)C(CC(=O)N2CCC(F)(F)CC2)NC3=O)c1. The monoisotopic (exact) mass is 458 g/mol. The van der Waals surface area contributed by atoms with Crippen molar-refractivity contribution < 1.29 is 27.9 Å². The Morgan fingerprint density at radius 1 is 1.21 bits per heavy atom. The normalized spacial score (nSPS) is 19.7. The number of carbonyl (C=O) groups excluding carboxylic acids is 3. The molecule has 174 valence electrons. The van der Waals surface area contributed by atoms with Crippen LogP contribution < -0.4 is 21.1 Å². The van der Waals surface area contributed by atoms with E-state index in [4.69, 9.17) is 10.5 Å². The van der Waals surface area contributed by atoms with Crippen molar-refractivity contribution in [3.8, 4) is 11.5 Å². The van der Waals surface area contributed by atoms with Gasteiger partial charge in [-0.1, -0.05) is 12.1 Å². The summed E-state index contributed by atoms with van der Waals surface area (Å²) in [5.74, 6) is -3.66. The highest BCUT2D eigenvalue weighted by Crippen LogP contribution is 2.34. The lowest BCUT2D eigenvalue weighted by Crippen LogP contribution is -2.48. The second kappa shape index (κ2) is 8.68. The van der Waals surface area contributed by atoms with Crippen LogP contribution in [0.15, 0.2) is 36.4 Å². The van der Waals surface area contributed by atoms with Crippen molar-refractivity contribution in [2.75, 3.05) is 24.1 Å². The topological polar surface area (TPSA) is 114 Å². The number of aryl methyl sites for hydroxylation is 1. The van der Waals surface area contributed by atoms with Gasteiger partial charge in [0.15, 0.2) is 5.75 Å². The number of nitrogen functional groups attached to an aromatic ring is 1. The summed E-state index contributed by atoms with van der Waals surface area (Å²) in [6.07, 6.45) is -1.17. The number of nitrogens with one attached hydrogen (secondary N) is 2. The number of nitrogens with zero attached hydrogens (tertiary/aromatic N) is 1. The summed E-state index contributed by atoms with van der Waals surface area (Å²) in [6, 6.07) is 9.00. The van der Waals surface area contributed by atoms with Gasteiger partial charge in [0.25, 0.3) is 11.8 Å². The average molecular weight is 458 g/mol. The molecule has 2 aliphatic heterocycles. The maximum atomic E-state index is 13.4. The third-order valence-corrected chi connectivity index (χ3v) is 5.72. The highest BCUT2D eigenvalue weighted by atomic mass is 19.3. The first-order valence-corrected chi connectivity index (χ1v) is 10.6. The van der Waals surface area contributed by atoms with Crippen molar-refractivity contribution in [2.24, 2.45) is 0 Å². The van der Waals surface area contributed by atoms with E-state index in [1.54, 1.807) is 6.07 Å². The highest BCUT2D eigenvalue weighted by Gasteiger charge is 2.37. The molecule has 1 saturated heterocycles. The Labute approximate surface area is 189 Å². The molecule has 33 heavy (non-hydrogen) atoms. The van der Waals surface area contributed by atoms with E-state index in [9.17, 15) is 23.2 Å². The molecule has 8 nitrogen and oxygen atoms in total. The van der Waals surface area contributed by atoms with Gasteiger partial charge in [0.05, 0.1) is 23.4 Å². The summed E-state index contributed by atoms with van der Waals surface area (Å²) in [5, 5.41) is 5.16. The number of hydrogen-bond acceptors (Lipinski definition) is 5. The lowest BCUT2D eigenvalue weighted by atomic mass is 10.1. The van der Waals surface area contributed by atoms with E-state index in [1.165, 1.54) is 17.0 Å². The number of benzene rings is 2. The van der Waals surface area contributed by atoms with Crippen molar-refractivity contribution in [1.29, 1.82) is 0 Å². The lowest BCUT2D eigenvalue weighted by molar-refractivity contribution is -0.139. The minimum atomic E-state index is -2.79. The van der Waals surface area contributed by atoms with Crippen LogP contribution in [-0.4, -0.2) is 47.7 Å². The maximum Gasteiger partial charge on any atom is 0.254 e. The first-order chi connectivity index (χ1) is 15.6. The number of anilines is 2. The molecule has 0 radical (unpaired) electrons. The zero-order chi connectivity index (χ0) is 23.8. The molecular formula is C23H24F2N4O4. The van der Waals surface area contributed by atoms with Gasteiger partial charge in [-0.3, -0.25) is 14.4 Å². The number of amides is 3. The third kappa shape index (κ3) is 5.05. The molecule has 0 bridgehead atoms. The van der Waals surface area contributed by atoms with E-state index < -0.39 is 42.5 Å². The number of ether oxygens (including phenoxy) is 1. The van der Waals surface area contributed by atoms with Gasteiger partial charge in [-0.2, -0.15) is 0 Å². The predicted octanol–water partition coefficient (Wildman–Crippen LogP) is 3.07. The van der Waals surface area contributed by atoms with Crippen LogP contribution in [-0.2, 0) is 9.59 Å². The average Bonchev–Trinajstić information content (AvgIpc) is 2.84. The minimum Gasteiger partial charge on any atom is -0.455 e. The van der Waals surface area contributed by atoms with Crippen LogP contribution in [0.25, 0.3) is 0 Å². The van der Waals surface area contributed by atoms with Crippen molar-refractivity contribution in [2.45, 2.75) is 38.2 Å². The highest BCUT2D eigenvalue weighted by molar-refractivity contribution is 6.11. The minimum absolute atomic E-state index is 0.0927. The van der Waals surface area contributed by atoms with E-state index >= 15 is 0 Å². The van der Waals surface area contributed by atoms with E-state index in [0.717, 1.165) is 5.56 Å². The van der Waals surface area contributed by atoms with Crippen LogP contribution in [0.5, 0.6) is 11.5 Å². The van der Waals surface area contributed by atoms with E-state index in [2.05, 4.69) is 10.6 Å². The van der Waals surface area contributed by atoms with E-state index in [0.29, 0.717) is 5.75 Å². The number of likely N-dealkylation sites (tertiary alicyclic amines) is 1. The summed E-state index contributed by atoms with van der Waals surface area (Å²) < 4.78 is 32.5. The molecule has 10 heteroatoms. The summed E-state index contributed by atoms with van der Waals surface area (Å²) >= 11 is 0. The molecule has 2 aromatic rings. The van der Waals surface area contributed by atoms with Gasteiger partial charge < -0.3 is 26.0 Å².